The van der Waals surface area contributed by atoms with Crippen LogP contribution < -0.4 is 5.32 Å². The highest BCUT2D eigenvalue weighted by atomic mass is 32.2. The number of amides is 1. The minimum Gasteiger partial charge on any atom is -0.480 e. The van der Waals surface area contributed by atoms with Gasteiger partial charge < -0.3 is 15.0 Å². The van der Waals surface area contributed by atoms with Crippen molar-refractivity contribution in [1.82, 2.24) is 14.9 Å². The van der Waals surface area contributed by atoms with Crippen molar-refractivity contribution in [1.29, 1.82) is 0 Å². The fourth-order valence-electron chi connectivity index (χ4n) is 6.69. The lowest BCUT2D eigenvalue weighted by molar-refractivity contribution is -0.142. The van der Waals surface area contributed by atoms with Crippen LogP contribution in [0.15, 0.2) is 146 Å². The SMILES string of the molecule is CC(C)S(=O)C[C@@H](Cc1cccc2ccccc12)C(=O)N[C@@H](Cc1cn(C(c2ccccc2)(c2ccccc2)c2ccccc2)cn1)C(=O)O. The molecule has 0 aliphatic rings. The van der Waals surface area contributed by atoms with Gasteiger partial charge in [-0.05, 0) is 39.4 Å². The smallest absolute Gasteiger partial charge is 0.326 e. The first-order valence-corrected chi connectivity index (χ1v) is 18.2. The van der Waals surface area contributed by atoms with Crippen LogP contribution in [0.25, 0.3) is 10.8 Å². The van der Waals surface area contributed by atoms with Crippen molar-refractivity contribution < 1.29 is 18.9 Å². The highest BCUT2D eigenvalue weighted by Gasteiger charge is 2.38. The molecule has 8 heteroatoms. The second kappa shape index (κ2) is 15.5. The Bertz CT molecular complexity index is 1980. The van der Waals surface area contributed by atoms with Gasteiger partial charge in [0, 0.05) is 34.4 Å². The Morgan fingerprint density at radius 2 is 1.30 bits per heavy atom. The highest BCUT2D eigenvalue weighted by molar-refractivity contribution is 7.85. The molecule has 6 aromatic rings. The van der Waals surface area contributed by atoms with E-state index in [1.807, 2.05) is 122 Å². The molecule has 0 saturated carbocycles. The van der Waals surface area contributed by atoms with Gasteiger partial charge in [-0.25, -0.2) is 9.78 Å². The molecule has 50 heavy (non-hydrogen) atoms. The molecule has 0 spiro atoms. The number of hydrogen-bond acceptors (Lipinski definition) is 4. The summed E-state index contributed by atoms with van der Waals surface area (Å²) >= 11 is 0. The van der Waals surface area contributed by atoms with Crippen LogP contribution in [-0.2, 0) is 38.8 Å². The summed E-state index contributed by atoms with van der Waals surface area (Å²) in [5.74, 6) is -2.17. The molecule has 7 nitrogen and oxygen atoms in total. The summed E-state index contributed by atoms with van der Waals surface area (Å²) in [6.45, 7) is 3.72. The molecule has 1 unspecified atom stereocenters. The van der Waals surface area contributed by atoms with Crippen molar-refractivity contribution >= 4 is 33.4 Å². The molecule has 254 valence electrons. The third kappa shape index (κ3) is 7.31. The van der Waals surface area contributed by atoms with Crippen molar-refractivity contribution in [3.05, 3.63) is 174 Å². The van der Waals surface area contributed by atoms with E-state index < -0.39 is 40.2 Å². The summed E-state index contributed by atoms with van der Waals surface area (Å²) in [6, 6.07) is 43.1. The number of aliphatic carboxylic acids is 1. The summed E-state index contributed by atoms with van der Waals surface area (Å²) < 4.78 is 15.1. The Balaban J connectivity index is 1.32. The summed E-state index contributed by atoms with van der Waals surface area (Å²) in [4.78, 5) is 31.3. The average Bonchev–Trinajstić information content (AvgIpc) is 3.61. The third-order valence-corrected chi connectivity index (χ3v) is 11.0. The van der Waals surface area contributed by atoms with E-state index in [0.717, 1.165) is 33.0 Å². The standard InChI is InChI=1S/C42H41N3O4S/c1-30(2)50(49)28-33(25-32-17-14-16-31-15-12-13-24-38(31)32)40(46)44-39(41(47)48)26-37-27-45(29-43-37)42(34-18-6-3-7-19-34,35-20-8-4-9-21-35)36-22-10-5-11-23-36/h3-24,27,29-30,33,39H,25-26,28H2,1-2H3,(H,44,46)(H,47,48)/t33-,39+,50?/m1/s1. The van der Waals surface area contributed by atoms with Gasteiger partial charge in [-0.1, -0.05) is 147 Å². The Morgan fingerprint density at radius 1 is 0.760 bits per heavy atom. The number of carboxylic acid groups (broad SMARTS) is 1. The van der Waals surface area contributed by atoms with Crippen molar-refractivity contribution in [2.45, 2.75) is 43.5 Å². The molecule has 0 aliphatic heterocycles. The molecular weight excluding hydrogens is 643 g/mol. The normalized spacial score (nSPS) is 13.5. The van der Waals surface area contributed by atoms with Gasteiger partial charge in [0.15, 0.2) is 0 Å². The number of carbonyl (C=O) groups excluding carboxylic acids is 1. The maximum absolute atomic E-state index is 13.9. The summed E-state index contributed by atoms with van der Waals surface area (Å²) in [5, 5.41) is 15.1. The Morgan fingerprint density at radius 3 is 1.86 bits per heavy atom. The predicted molar refractivity (Wildman–Crippen MR) is 199 cm³/mol. The minimum atomic E-state index is -1.28. The number of aromatic nitrogens is 2. The first-order valence-electron chi connectivity index (χ1n) is 16.8. The van der Waals surface area contributed by atoms with Crippen LogP contribution in [0.5, 0.6) is 0 Å². The molecule has 6 rings (SSSR count). The van der Waals surface area contributed by atoms with Gasteiger partial charge in [0.05, 0.1) is 17.9 Å². The van der Waals surface area contributed by atoms with Gasteiger partial charge in [0.1, 0.15) is 11.6 Å². The topological polar surface area (TPSA) is 101 Å². The first kappa shape index (κ1) is 34.5. The van der Waals surface area contributed by atoms with E-state index in [1.165, 1.54) is 0 Å². The lowest BCUT2D eigenvalue weighted by Gasteiger charge is -2.37. The maximum Gasteiger partial charge on any atom is 0.326 e. The summed E-state index contributed by atoms with van der Waals surface area (Å²) in [5.41, 5.74) is 3.70. The van der Waals surface area contributed by atoms with Gasteiger partial charge in [-0.15, -0.1) is 0 Å². The van der Waals surface area contributed by atoms with Gasteiger partial charge >= 0.3 is 5.97 Å². The fraction of sp³-hybridized carbons (Fsp3) is 0.214. The quantitative estimate of drug-likeness (QED) is 0.120. The van der Waals surface area contributed by atoms with Gasteiger partial charge in [-0.3, -0.25) is 9.00 Å². The molecule has 1 heterocycles. The van der Waals surface area contributed by atoms with E-state index in [1.54, 1.807) is 6.33 Å². The minimum absolute atomic E-state index is 0.0310. The summed E-state index contributed by atoms with van der Waals surface area (Å²) in [6.07, 6.45) is 3.91. The Hall–Kier alpha value is -5.34. The molecule has 0 aliphatic carbocycles. The molecule has 3 atom stereocenters. The second-order valence-electron chi connectivity index (χ2n) is 12.8. The third-order valence-electron chi connectivity index (χ3n) is 9.23. The number of nitrogens with one attached hydrogen (secondary N) is 1. The molecule has 1 aromatic heterocycles. The van der Waals surface area contributed by atoms with Crippen LogP contribution in [0.4, 0.5) is 0 Å². The molecule has 0 bridgehead atoms. The predicted octanol–water partition coefficient (Wildman–Crippen LogP) is 7.00. The van der Waals surface area contributed by atoms with E-state index in [4.69, 9.17) is 4.98 Å². The number of imidazole rings is 1. The molecule has 1 amide bonds. The van der Waals surface area contributed by atoms with Gasteiger partial charge in [0.2, 0.25) is 5.91 Å². The number of carbonyl (C=O) groups is 2. The number of benzene rings is 5. The number of carboxylic acids is 1. The number of rotatable bonds is 14. The number of hydrogen-bond donors (Lipinski definition) is 2. The zero-order chi connectivity index (χ0) is 35.1. The molecular formula is C42H41N3O4S. The molecule has 5 aromatic carbocycles. The molecule has 0 fully saturated rings. The van der Waals surface area contributed by atoms with E-state index in [-0.39, 0.29) is 17.4 Å². The van der Waals surface area contributed by atoms with Crippen molar-refractivity contribution in [3.8, 4) is 0 Å². The number of fused-ring (bicyclic) bond motifs is 1. The van der Waals surface area contributed by atoms with E-state index in [2.05, 4.69) is 41.7 Å². The van der Waals surface area contributed by atoms with Crippen LogP contribution in [-0.4, -0.2) is 47.8 Å². The van der Waals surface area contributed by atoms with Crippen LogP contribution in [0.3, 0.4) is 0 Å². The summed E-state index contributed by atoms with van der Waals surface area (Å²) in [7, 11) is -1.28. The van der Waals surface area contributed by atoms with Crippen LogP contribution in [0.1, 0.15) is 41.8 Å². The van der Waals surface area contributed by atoms with E-state index in [9.17, 15) is 18.9 Å². The fourth-order valence-corrected chi connectivity index (χ4v) is 7.74. The zero-order valence-electron chi connectivity index (χ0n) is 28.2. The van der Waals surface area contributed by atoms with E-state index >= 15 is 0 Å². The van der Waals surface area contributed by atoms with Crippen molar-refractivity contribution in [2.75, 3.05) is 5.75 Å². The molecule has 0 radical (unpaired) electrons. The Kier molecular flexibility index (Phi) is 10.7. The van der Waals surface area contributed by atoms with E-state index in [0.29, 0.717) is 12.1 Å². The molecule has 0 saturated heterocycles. The van der Waals surface area contributed by atoms with Crippen molar-refractivity contribution in [3.63, 3.8) is 0 Å². The molecule has 2 N–H and O–H groups in total. The van der Waals surface area contributed by atoms with Crippen molar-refractivity contribution in [2.24, 2.45) is 5.92 Å². The number of nitrogens with zero attached hydrogens (tertiary/aromatic N) is 2. The zero-order valence-corrected chi connectivity index (χ0v) is 29.0. The van der Waals surface area contributed by atoms with Crippen LogP contribution in [0.2, 0.25) is 0 Å². The second-order valence-corrected chi connectivity index (χ2v) is 14.9. The Labute approximate surface area is 295 Å². The van der Waals surface area contributed by atoms with Crippen LogP contribution in [0, 0.1) is 5.92 Å². The van der Waals surface area contributed by atoms with Gasteiger partial charge in [-0.2, -0.15) is 0 Å². The lowest BCUT2D eigenvalue weighted by atomic mass is 9.77. The largest absolute Gasteiger partial charge is 0.480 e. The van der Waals surface area contributed by atoms with Gasteiger partial charge in [0.25, 0.3) is 0 Å². The first-order chi connectivity index (χ1) is 24.3. The lowest BCUT2D eigenvalue weighted by Crippen LogP contribution is -2.46. The average molecular weight is 684 g/mol. The monoisotopic (exact) mass is 683 g/mol. The van der Waals surface area contributed by atoms with Crippen LogP contribution >= 0.6 is 0 Å². The maximum atomic E-state index is 13.9. The highest BCUT2D eigenvalue weighted by Crippen LogP contribution is 2.40.